The molecule has 0 bridgehead atoms. The Kier molecular flexibility index (Phi) is 8.58. The lowest BCUT2D eigenvalue weighted by Gasteiger charge is -2.25. The van der Waals surface area contributed by atoms with Crippen LogP contribution in [0.1, 0.15) is 52.0 Å². The summed E-state index contributed by atoms with van der Waals surface area (Å²) in [5.74, 6) is -1.34. The molecule has 1 amide bonds. The number of likely N-dealkylation sites (N-methyl/N-ethyl adjacent to an activating group) is 1. The molecule has 10 heteroatoms. The molecule has 1 aliphatic carbocycles. The summed E-state index contributed by atoms with van der Waals surface area (Å²) in [6, 6.07) is 3.91. The minimum atomic E-state index is -1.09. The molecule has 0 aromatic heterocycles. The van der Waals surface area contributed by atoms with E-state index in [1.807, 2.05) is 0 Å². The largest absolute Gasteiger partial charge is 0.514 e. The van der Waals surface area contributed by atoms with E-state index in [4.69, 9.17) is 9.47 Å². The second kappa shape index (κ2) is 11.1. The van der Waals surface area contributed by atoms with Crippen LogP contribution in [0.2, 0.25) is 0 Å². The first kappa shape index (κ1) is 24.7. The number of nitriles is 1. The molecular formula is C22H27N3O7. The third-order valence-corrected chi connectivity index (χ3v) is 5.41. The molecule has 1 saturated carbocycles. The van der Waals surface area contributed by atoms with Crippen LogP contribution in [0.3, 0.4) is 0 Å². The Bertz CT molecular complexity index is 940. The van der Waals surface area contributed by atoms with Gasteiger partial charge in [0.05, 0.1) is 4.92 Å². The molecule has 0 radical (unpaired) electrons. The summed E-state index contributed by atoms with van der Waals surface area (Å²) in [7, 11) is 0. The van der Waals surface area contributed by atoms with E-state index >= 15 is 0 Å². The molecule has 0 spiro atoms. The number of hydrogen-bond acceptors (Lipinski definition) is 8. The van der Waals surface area contributed by atoms with Gasteiger partial charge in [-0.05, 0) is 63.2 Å². The average Bonchev–Trinajstić information content (AvgIpc) is 2.76. The number of carbonyl (C=O) groups is 2. The lowest BCUT2D eigenvalue weighted by Crippen LogP contribution is -2.31. The summed E-state index contributed by atoms with van der Waals surface area (Å²) in [5, 5.41) is 31.0. The van der Waals surface area contributed by atoms with Crippen molar-refractivity contribution in [3.8, 4) is 17.6 Å². The maximum atomic E-state index is 12.5. The van der Waals surface area contributed by atoms with Crippen LogP contribution < -0.4 is 4.74 Å². The number of ether oxygens (including phenoxy) is 2. The van der Waals surface area contributed by atoms with Crippen LogP contribution in [0, 0.1) is 27.4 Å². The molecule has 1 fully saturated rings. The molecule has 172 valence electrons. The van der Waals surface area contributed by atoms with Crippen LogP contribution in [0.5, 0.6) is 11.5 Å². The van der Waals surface area contributed by atoms with Crippen molar-refractivity contribution in [3.05, 3.63) is 33.4 Å². The number of nitrogens with zero attached hydrogens (tertiary/aromatic N) is 3. The van der Waals surface area contributed by atoms with E-state index in [2.05, 4.69) is 6.92 Å². The molecule has 0 atom stereocenters. The number of rotatable bonds is 7. The number of aromatic hydroxyl groups is 1. The molecule has 0 heterocycles. The van der Waals surface area contributed by atoms with E-state index in [0.29, 0.717) is 31.8 Å². The van der Waals surface area contributed by atoms with E-state index in [0.717, 1.165) is 31.1 Å². The highest BCUT2D eigenvalue weighted by molar-refractivity contribution is 6.01. The maximum Gasteiger partial charge on any atom is 0.514 e. The van der Waals surface area contributed by atoms with Gasteiger partial charge in [-0.1, -0.05) is 6.92 Å². The van der Waals surface area contributed by atoms with Crippen LogP contribution in [0.25, 0.3) is 6.08 Å². The molecule has 0 aliphatic heterocycles. The van der Waals surface area contributed by atoms with Gasteiger partial charge in [0.25, 0.3) is 5.91 Å². The van der Waals surface area contributed by atoms with Crippen LogP contribution in [0.4, 0.5) is 10.5 Å². The van der Waals surface area contributed by atoms with Gasteiger partial charge >= 0.3 is 11.8 Å². The maximum absolute atomic E-state index is 12.5. The van der Waals surface area contributed by atoms with Crippen LogP contribution >= 0.6 is 0 Å². The van der Waals surface area contributed by atoms with Gasteiger partial charge in [0.1, 0.15) is 17.7 Å². The standard InChI is InChI=1S/C22H27N3O7/c1-4-24(5-2)21(27)16(13-23)10-15-11-18(25(29)30)20(26)19(12-15)32-22(28)31-17-8-6-14(3)7-9-17/h10-12,14,17,26H,4-9H2,1-3H3/b16-10+. The van der Waals surface area contributed by atoms with Crippen molar-refractivity contribution in [2.75, 3.05) is 13.1 Å². The van der Waals surface area contributed by atoms with Gasteiger partial charge in [-0.15, -0.1) is 0 Å². The van der Waals surface area contributed by atoms with Crippen molar-refractivity contribution in [1.82, 2.24) is 4.90 Å². The first-order chi connectivity index (χ1) is 15.2. The van der Waals surface area contributed by atoms with Crippen LogP contribution in [-0.4, -0.2) is 46.2 Å². The number of amides is 1. The van der Waals surface area contributed by atoms with Crippen molar-refractivity contribution < 1.29 is 29.1 Å². The molecule has 1 aromatic rings. The summed E-state index contributed by atoms with van der Waals surface area (Å²) in [5.41, 5.74) is -0.944. The molecule has 1 aliphatic rings. The fraction of sp³-hybridized carbons (Fsp3) is 0.500. The number of carbonyl (C=O) groups excluding carboxylic acids is 2. The summed E-state index contributed by atoms with van der Waals surface area (Å²) in [4.78, 5) is 36.6. The molecule has 1 aromatic carbocycles. The Morgan fingerprint density at radius 2 is 1.91 bits per heavy atom. The van der Waals surface area contributed by atoms with Gasteiger partial charge < -0.3 is 19.5 Å². The van der Waals surface area contributed by atoms with Crippen molar-refractivity contribution >= 4 is 23.8 Å². The zero-order valence-corrected chi connectivity index (χ0v) is 18.4. The van der Waals surface area contributed by atoms with Crippen LogP contribution in [-0.2, 0) is 9.53 Å². The number of nitro groups is 1. The molecule has 0 saturated heterocycles. The molecular weight excluding hydrogens is 418 g/mol. The number of phenols is 1. The number of phenolic OH excluding ortho intramolecular Hbond substituents is 1. The quantitative estimate of drug-likeness (QED) is 0.164. The zero-order valence-electron chi connectivity index (χ0n) is 18.4. The third-order valence-electron chi connectivity index (χ3n) is 5.41. The normalized spacial score (nSPS) is 18.4. The number of benzene rings is 1. The monoisotopic (exact) mass is 445 g/mol. The minimum Gasteiger partial charge on any atom is -0.499 e. The highest BCUT2D eigenvalue weighted by Gasteiger charge is 2.26. The van der Waals surface area contributed by atoms with E-state index in [9.17, 15) is 30.1 Å². The van der Waals surface area contributed by atoms with E-state index in [-0.39, 0.29) is 17.2 Å². The Morgan fingerprint density at radius 1 is 1.28 bits per heavy atom. The molecule has 10 nitrogen and oxygen atoms in total. The lowest BCUT2D eigenvalue weighted by atomic mass is 9.89. The topological polar surface area (TPSA) is 143 Å². The first-order valence-electron chi connectivity index (χ1n) is 10.5. The summed E-state index contributed by atoms with van der Waals surface area (Å²) in [6.07, 6.45) is 2.92. The van der Waals surface area contributed by atoms with Crippen molar-refractivity contribution in [2.45, 2.75) is 52.6 Å². The van der Waals surface area contributed by atoms with E-state index in [1.54, 1.807) is 19.9 Å². The smallest absolute Gasteiger partial charge is 0.499 e. The Labute approximate surface area is 186 Å². The van der Waals surface area contributed by atoms with E-state index < -0.39 is 34.2 Å². The lowest BCUT2D eigenvalue weighted by molar-refractivity contribution is -0.385. The SMILES string of the molecule is CCN(CC)C(=O)/C(C#N)=C/c1cc(OC(=O)OC2CCC(C)CC2)c(O)c([N+](=O)[O-])c1. The van der Waals surface area contributed by atoms with Crippen molar-refractivity contribution in [1.29, 1.82) is 5.26 Å². The Hall–Kier alpha value is -3.61. The zero-order chi connectivity index (χ0) is 23.8. The van der Waals surface area contributed by atoms with Crippen molar-refractivity contribution in [3.63, 3.8) is 0 Å². The third kappa shape index (κ3) is 6.20. The van der Waals surface area contributed by atoms with Crippen LogP contribution in [0.15, 0.2) is 17.7 Å². The number of nitro benzene ring substituents is 1. The van der Waals surface area contributed by atoms with Crippen molar-refractivity contribution in [2.24, 2.45) is 5.92 Å². The van der Waals surface area contributed by atoms with Gasteiger partial charge in [-0.25, -0.2) is 4.79 Å². The summed E-state index contributed by atoms with van der Waals surface area (Å²) < 4.78 is 10.3. The first-order valence-corrected chi connectivity index (χ1v) is 10.5. The predicted molar refractivity (Wildman–Crippen MR) is 115 cm³/mol. The molecule has 32 heavy (non-hydrogen) atoms. The molecule has 2 rings (SSSR count). The van der Waals surface area contributed by atoms with Gasteiger partial charge in [-0.3, -0.25) is 14.9 Å². The average molecular weight is 445 g/mol. The fourth-order valence-electron chi connectivity index (χ4n) is 3.50. The number of hydrogen-bond donors (Lipinski definition) is 1. The second-order valence-corrected chi connectivity index (χ2v) is 7.64. The Balaban J connectivity index is 2.32. The van der Waals surface area contributed by atoms with Gasteiger partial charge in [-0.2, -0.15) is 5.26 Å². The molecule has 1 N–H and O–H groups in total. The highest BCUT2D eigenvalue weighted by Crippen LogP contribution is 2.38. The van der Waals surface area contributed by atoms with Gasteiger partial charge in [0.2, 0.25) is 5.75 Å². The summed E-state index contributed by atoms with van der Waals surface area (Å²) >= 11 is 0. The predicted octanol–water partition coefficient (Wildman–Crippen LogP) is 4.17. The van der Waals surface area contributed by atoms with Gasteiger partial charge in [0.15, 0.2) is 5.75 Å². The van der Waals surface area contributed by atoms with Gasteiger partial charge in [0, 0.05) is 19.2 Å². The minimum absolute atomic E-state index is 0.0425. The van der Waals surface area contributed by atoms with E-state index in [1.165, 1.54) is 4.90 Å². The summed E-state index contributed by atoms with van der Waals surface area (Å²) in [6.45, 7) is 6.39. The highest BCUT2D eigenvalue weighted by atomic mass is 16.7. The fourth-order valence-corrected chi connectivity index (χ4v) is 3.50. The molecule has 0 unspecified atom stereocenters. The Morgan fingerprint density at radius 3 is 2.44 bits per heavy atom. The second-order valence-electron chi connectivity index (χ2n) is 7.64.